The lowest BCUT2D eigenvalue weighted by Crippen LogP contribution is -2.11. The highest BCUT2D eigenvalue weighted by Crippen LogP contribution is 2.26. The first-order chi connectivity index (χ1) is 9.10. The molecular weight excluding hydrogens is 309 g/mol. The molecular formula is C15H15BrFNO. The minimum absolute atomic E-state index is 0.291. The molecule has 2 rings (SSSR count). The minimum Gasteiger partial charge on any atom is -0.457 e. The maximum absolute atomic E-state index is 13.4. The zero-order valence-corrected chi connectivity index (χ0v) is 12.4. The average Bonchev–Trinajstić information content (AvgIpc) is 2.43. The van der Waals surface area contributed by atoms with Gasteiger partial charge in [-0.1, -0.05) is 12.1 Å². The molecule has 0 heterocycles. The lowest BCUT2D eigenvalue weighted by Gasteiger charge is -2.11. The summed E-state index contributed by atoms with van der Waals surface area (Å²) in [6, 6.07) is 12.7. The van der Waals surface area contributed by atoms with Crippen LogP contribution in [0.4, 0.5) is 4.39 Å². The lowest BCUT2D eigenvalue weighted by molar-refractivity contribution is 0.475. The van der Waals surface area contributed by atoms with Gasteiger partial charge < -0.3 is 10.1 Å². The van der Waals surface area contributed by atoms with Crippen molar-refractivity contribution in [3.63, 3.8) is 0 Å². The van der Waals surface area contributed by atoms with E-state index in [1.54, 1.807) is 12.1 Å². The van der Waals surface area contributed by atoms with Crippen molar-refractivity contribution < 1.29 is 9.13 Å². The number of hydrogen-bond acceptors (Lipinski definition) is 2. The molecule has 19 heavy (non-hydrogen) atoms. The van der Waals surface area contributed by atoms with Crippen LogP contribution in [0.25, 0.3) is 0 Å². The van der Waals surface area contributed by atoms with Crippen LogP contribution in [0.3, 0.4) is 0 Å². The summed E-state index contributed by atoms with van der Waals surface area (Å²) < 4.78 is 19.4. The smallest absolute Gasteiger partial charge is 0.141 e. The maximum atomic E-state index is 13.4. The van der Waals surface area contributed by atoms with E-state index in [1.807, 2.05) is 31.3 Å². The van der Waals surface area contributed by atoms with Crippen molar-refractivity contribution in [1.82, 2.24) is 5.32 Å². The molecule has 1 atom stereocenters. The first-order valence-corrected chi connectivity index (χ1v) is 6.79. The predicted molar refractivity (Wildman–Crippen MR) is 78.1 cm³/mol. The Hall–Kier alpha value is -1.39. The summed E-state index contributed by atoms with van der Waals surface area (Å²) in [4.78, 5) is 0. The fraction of sp³-hybridized carbons (Fsp3) is 0.200. The predicted octanol–water partition coefficient (Wildman–Crippen LogP) is 4.66. The van der Waals surface area contributed by atoms with Crippen LogP contribution in [-0.2, 0) is 0 Å². The van der Waals surface area contributed by atoms with Gasteiger partial charge in [-0.15, -0.1) is 0 Å². The van der Waals surface area contributed by atoms with Crippen molar-refractivity contribution in [2.24, 2.45) is 0 Å². The molecule has 2 aromatic rings. The number of nitrogens with one attached hydrogen (secondary N) is 1. The second-order valence-electron chi connectivity index (χ2n) is 4.26. The van der Waals surface area contributed by atoms with Crippen molar-refractivity contribution in [2.45, 2.75) is 13.0 Å². The van der Waals surface area contributed by atoms with Gasteiger partial charge in [0.25, 0.3) is 0 Å². The third kappa shape index (κ3) is 3.55. The van der Waals surface area contributed by atoms with Crippen LogP contribution in [0.5, 0.6) is 11.5 Å². The van der Waals surface area contributed by atoms with Crippen molar-refractivity contribution >= 4 is 15.9 Å². The van der Waals surface area contributed by atoms with E-state index in [0.717, 1.165) is 0 Å². The van der Waals surface area contributed by atoms with Gasteiger partial charge in [0.1, 0.15) is 17.3 Å². The van der Waals surface area contributed by atoms with Crippen LogP contribution >= 0.6 is 15.9 Å². The quantitative estimate of drug-likeness (QED) is 0.883. The Labute approximate surface area is 120 Å². The fourth-order valence-electron chi connectivity index (χ4n) is 1.67. The molecule has 0 fully saturated rings. The zero-order valence-electron chi connectivity index (χ0n) is 10.8. The number of hydrogen-bond donors (Lipinski definition) is 1. The van der Waals surface area contributed by atoms with Crippen molar-refractivity contribution in [2.75, 3.05) is 7.05 Å². The molecule has 0 aliphatic heterocycles. The summed E-state index contributed by atoms with van der Waals surface area (Å²) in [5, 5.41) is 3.17. The van der Waals surface area contributed by atoms with Crippen LogP contribution in [0, 0.1) is 5.82 Å². The van der Waals surface area contributed by atoms with E-state index < -0.39 is 0 Å². The fourth-order valence-corrected chi connectivity index (χ4v) is 1.91. The first-order valence-electron chi connectivity index (χ1n) is 6.00. The van der Waals surface area contributed by atoms with Crippen LogP contribution in [0.15, 0.2) is 46.9 Å². The second kappa shape index (κ2) is 6.17. The molecule has 0 amide bonds. The van der Waals surface area contributed by atoms with Gasteiger partial charge in [0, 0.05) is 12.1 Å². The highest BCUT2D eigenvalue weighted by Gasteiger charge is 2.05. The lowest BCUT2D eigenvalue weighted by atomic mass is 10.1. The topological polar surface area (TPSA) is 21.3 Å². The van der Waals surface area contributed by atoms with Gasteiger partial charge >= 0.3 is 0 Å². The van der Waals surface area contributed by atoms with Gasteiger partial charge in [-0.2, -0.15) is 0 Å². The minimum atomic E-state index is -0.335. The van der Waals surface area contributed by atoms with Crippen LogP contribution in [0.1, 0.15) is 18.5 Å². The van der Waals surface area contributed by atoms with Crippen molar-refractivity contribution in [3.8, 4) is 11.5 Å². The Morgan fingerprint density at radius 3 is 2.32 bits per heavy atom. The molecule has 0 radical (unpaired) electrons. The Kier molecular flexibility index (Phi) is 4.56. The number of halogens is 2. The van der Waals surface area contributed by atoms with Crippen LogP contribution in [0.2, 0.25) is 0 Å². The molecule has 0 bridgehead atoms. The largest absolute Gasteiger partial charge is 0.457 e. The highest BCUT2D eigenvalue weighted by atomic mass is 79.9. The summed E-state index contributed by atoms with van der Waals surface area (Å²) >= 11 is 3.11. The Balaban J connectivity index is 2.12. The first kappa shape index (κ1) is 14.0. The second-order valence-corrected chi connectivity index (χ2v) is 5.11. The average molecular weight is 324 g/mol. The SMILES string of the molecule is CNC(C)c1ccc(Oc2ccc(Br)c(F)c2)cc1. The Morgan fingerprint density at radius 2 is 1.74 bits per heavy atom. The third-order valence-corrected chi connectivity index (χ3v) is 3.58. The third-order valence-electron chi connectivity index (χ3n) is 2.94. The molecule has 0 aliphatic carbocycles. The van der Waals surface area contributed by atoms with E-state index in [-0.39, 0.29) is 5.82 Å². The van der Waals surface area contributed by atoms with E-state index in [4.69, 9.17) is 4.74 Å². The van der Waals surface area contributed by atoms with E-state index in [1.165, 1.54) is 11.6 Å². The van der Waals surface area contributed by atoms with Gasteiger partial charge in [0.05, 0.1) is 4.47 Å². The standard InChI is InChI=1S/C15H15BrFNO/c1-10(18-2)11-3-5-12(6-4-11)19-13-7-8-14(16)15(17)9-13/h3-10,18H,1-2H3. The van der Waals surface area contributed by atoms with Gasteiger partial charge in [-0.25, -0.2) is 4.39 Å². The van der Waals surface area contributed by atoms with Crippen LogP contribution < -0.4 is 10.1 Å². The monoisotopic (exact) mass is 323 g/mol. The highest BCUT2D eigenvalue weighted by molar-refractivity contribution is 9.10. The summed E-state index contributed by atoms with van der Waals surface area (Å²) in [5.74, 6) is 0.835. The van der Waals surface area contributed by atoms with E-state index in [0.29, 0.717) is 22.0 Å². The van der Waals surface area contributed by atoms with Crippen LogP contribution in [-0.4, -0.2) is 7.05 Å². The molecule has 1 unspecified atom stereocenters. The van der Waals surface area contributed by atoms with Crippen molar-refractivity contribution in [1.29, 1.82) is 0 Å². The molecule has 100 valence electrons. The number of benzene rings is 2. The molecule has 0 saturated carbocycles. The molecule has 2 aromatic carbocycles. The molecule has 0 aliphatic rings. The van der Waals surface area contributed by atoms with E-state index in [9.17, 15) is 4.39 Å². The zero-order chi connectivity index (χ0) is 13.8. The molecule has 2 nitrogen and oxygen atoms in total. The molecule has 0 aromatic heterocycles. The summed E-state index contributed by atoms with van der Waals surface area (Å²) in [6.45, 7) is 2.08. The molecule has 0 saturated heterocycles. The maximum Gasteiger partial charge on any atom is 0.141 e. The molecule has 0 spiro atoms. The van der Waals surface area contributed by atoms with Gasteiger partial charge in [-0.3, -0.25) is 0 Å². The number of rotatable bonds is 4. The molecule has 4 heteroatoms. The summed E-state index contributed by atoms with van der Waals surface area (Å²) in [7, 11) is 1.92. The van der Waals surface area contributed by atoms with Gasteiger partial charge in [0.2, 0.25) is 0 Å². The Bertz CT molecular complexity index is 557. The summed E-state index contributed by atoms with van der Waals surface area (Å²) in [5.41, 5.74) is 1.18. The normalized spacial score (nSPS) is 12.2. The van der Waals surface area contributed by atoms with Gasteiger partial charge in [0.15, 0.2) is 0 Å². The van der Waals surface area contributed by atoms with E-state index >= 15 is 0 Å². The van der Waals surface area contributed by atoms with Crippen molar-refractivity contribution in [3.05, 3.63) is 58.3 Å². The Morgan fingerprint density at radius 1 is 1.11 bits per heavy atom. The summed E-state index contributed by atoms with van der Waals surface area (Å²) in [6.07, 6.45) is 0. The van der Waals surface area contributed by atoms with Gasteiger partial charge in [-0.05, 0) is 59.7 Å². The molecule has 1 N–H and O–H groups in total. The van der Waals surface area contributed by atoms with E-state index in [2.05, 4.69) is 28.2 Å². The number of ether oxygens (including phenoxy) is 1.